The third kappa shape index (κ3) is 5.10. The van der Waals surface area contributed by atoms with E-state index in [0.29, 0.717) is 17.7 Å². The number of nitrogens with one attached hydrogen (secondary N) is 1. The molecule has 0 spiro atoms. The van der Waals surface area contributed by atoms with Crippen LogP contribution in [0, 0.1) is 17.0 Å². The average Bonchev–Trinajstić information content (AvgIpc) is 2.54. The Hall–Kier alpha value is -2.34. The molecule has 2 rings (SSSR count). The summed E-state index contributed by atoms with van der Waals surface area (Å²) in [4.78, 5) is 23.6. The number of thioether (sulfide) groups is 1. The van der Waals surface area contributed by atoms with E-state index in [1.54, 1.807) is 30.8 Å². The van der Waals surface area contributed by atoms with E-state index in [4.69, 9.17) is 0 Å². The summed E-state index contributed by atoms with van der Waals surface area (Å²) in [5, 5.41) is 13.6. The summed E-state index contributed by atoms with van der Waals surface area (Å²) in [6.07, 6.45) is 1.14. The van der Waals surface area contributed by atoms with Crippen molar-refractivity contribution in [1.29, 1.82) is 0 Å². The molecule has 0 atom stereocenters. The van der Waals surface area contributed by atoms with Crippen LogP contribution in [0.25, 0.3) is 0 Å². The monoisotopic (exact) mass is 330 g/mol. The minimum Gasteiger partial charge on any atom is -0.326 e. The zero-order valence-corrected chi connectivity index (χ0v) is 13.6. The molecule has 0 saturated heterocycles. The second kappa shape index (κ2) is 8.33. The van der Waals surface area contributed by atoms with Crippen LogP contribution in [0.1, 0.15) is 18.4 Å². The van der Waals surface area contributed by atoms with Gasteiger partial charge in [0.2, 0.25) is 5.91 Å². The minimum atomic E-state index is -0.443. The van der Waals surface area contributed by atoms with Gasteiger partial charge in [-0.25, -0.2) is 0 Å². The van der Waals surface area contributed by atoms with Crippen LogP contribution < -0.4 is 5.32 Å². The molecule has 5 nitrogen and oxygen atoms in total. The topological polar surface area (TPSA) is 72.2 Å². The Labute approximate surface area is 139 Å². The van der Waals surface area contributed by atoms with Crippen molar-refractivity contribution in [3.05, 3.63) is 64.2 Å². The highest BCUT2D eigenvalue weighted by Crippen LogP contribution is 2.25. The van der Waals surface area contributed by atoms with Crippen molar-refractivity contribution in [3.63, 3.8) is 0 Å². The molecule has 23 heavy (non-hydrogen) atoms. The van der Waals surface area contributed by atoms with Gasteiger partial charge in [-0.3, -0.25) is 14.9 Å². The fourth-order valence-corrected chi connectivity index (χ4v) is 2.98. The number of carbonyl (C=O) groups excluding carboxylic acids is 1. The predicted molar refractivity (Wildman–Crippen MR) is 92.9 cm³/mol. The van der Waals surface area contributed by atoms with Gasteiger partial charge < -0.3 is 5.32 Å². The van der Waals surface area contributed by atoms with E-state index in [1.165, 1.54) is 11.0 Å². The molecule has 2 aromatic rings. The van der Waals surface area contributed by atoms with Gasteiger partial charge in [0.15, 0.2) is 0 Å². The van der Waals surface area contributed by atoms with E-state index in [0.717, 1.165) is 12.2 Å². The predicted octanol–water partition coefficient (Wildman–Crippen LogP) is 4.41. The Kier molecular flexibility index (Phi) is 6.17. The molecule has 0 heterocycles. The zero-order chi connectivity index (χ0) is 16.7. The van der Waals surface area contributed by atoms with E-state index in [1.807, 2.05) is 30.3 Å². The molecular weight excluding hydrogens is 312 g/mol. The second-order valence-electron chi connectivity index (χ2n) is 5.02. The first kappa shape index (κ1) is 17.0. The van der Waals surface area contributed by atoms with Gasteiger partial charge in [-0.15, -0.1) is 11.8 Å². The number of nitro benzene ring substituents is 1. The number of amides is 1. The lowest BCUT2D eigenvalue weighted by atomic mass is 10.1. The van der Waals surface area contributed by atoms with E-state index in [9.17, 15) is 14.9 Å². The van der Waals surface area contributed by atoms with Gasteiger partial charge in [-0.1, -0.05) is 24.3 Å². The van der Waals surface area contributed by atoms with Crippen LogP contribution in [0.4, 0.5) is 11.4 Å². The smallest absolute Gasteiger partial charge is 0.274 e. The highest BCUT2D eigenvalue weighted by atomic mass is 32.2. The van der Waals surface area contributed by atoms with Crippen molar-refractivity contribution in [1.82, 2.24) is 0 Å². The van der Waals surface area contributed by atoms with Crippen LogP contribution in [0.5, 0.6) is 0 Å². The highest BCUT2D eigenvalue weighted by Gasteiger charge is 2.14. The number of hydrogen-bond acceptors (Lipinski definition) is 4. The van der Waals surface area contributed by atoms with E-state index in [2.05, 4.69) is 5.32 Å². The van der Waals surface area contributed by atoms with Gasteiger partial charge in [-0.05, 0) is 37.3 Å². The zero-order valence-electron chi connectivity index (χ0n) is 12.8. The number of hydrogen-bond donors (Lipinski definition) is 1. The highest BCUT2D eigenvalue weighted by molar-refractivity contribution is 7.99. The van der Waals surface area contributed by atoms with Gasteiger partial charge >= 0.3 is 0 Å². The summed E-state index contributed by atoms with van der Waals surface area (Å²) in [6.45, 7) is 1.64. The maximum Gasteiger partial charge on any atom is 0.274 e. The summed E-state index contributed by atoms with van der Waals surface area (Å²) < 4.78 is 0. The lowest BCUT2D eigenvalue weighted by molar-refractivity contribution is -0.385. The third-order valence-electron chi connectivity index (χ3n) is 3.34. The second-order valence-corrected chi connectivity index (χ2v) is 6.19. The number of nitrogens with zero attached hydrogens (tertiary/aromatic N) is 1. The van der Waals surface area contributed by atoms with Crippen LogP contribution in [0.2, 0.25) is 0 Å². The normalized spacial score (nSPS) is 10.3. The SMILES string of the molecule is Cc1c(NC(=O)CCCSc2ccccc2)cccc1[N+](=O)[O-]. The van der Waals surface area contributed by atoms with Crippen molar-refractivity contribution in [3.8, 4) is 0 Å². The Morgan fingerprint density at radius 1 is 1.17 bits per heavy atom. The summed E-state index contributed by atoms with van der Waals surface area (Å²) in [5.74, 6) is 0.730. The molecule has 2 aromatic carbocycles. The molecule has 0 unspecified atom stereocenters. The molecule has 120 valence electrons. The molecule has 0 aliphatic heterocycles. The fourth-order valence-electron chi connectivity index (χ4n) is 2.11. The lowest BCUT2D eigenvalue weighted by Gasteiger charge is -2.08. The molecule has 1 amide bonds. The molecule has 0 aliphatic carbocycles. The quantitative estimate of drug-likeness (QED) is 0.353. The maximum atomic E-state index is 12.0. The van der Waals surface area contributed by atoms with Crippen LogP contribution in [-0.2, 0) is 4.79 Å². The van der Waals surface area contributed by atoms with Crippen molar-refractivity contribution >= 4 is 29.0 Å². The standard InChI is InChI=1S/C17H18N2O3S/c1-13-15(9-5-10-16(13)19(21)22)18-17(20)11-6-12-23-14-7-3-2-4-8-14/h2-5,7-10H,6,11-12H2,1H3,(H,18,20). The Balaban J connectivity index is 1.81. The van der Waals surface area contributed by atoms with Gasteiger partial charge in [-0.2, -0.15) is 0 Å². The average molecular weight is 330 g/mol. The van der Waals surface area contributed by atoms with E-state index in [-0.39, 0.29) is 11.6 Å². The molecule has 0 aromatic heterocycles. The first-order valence-electron chi connectivity index (χ1n) is 7.29. The number of nitro groups is 1. The molecule has 0 saturated carbocycles. The Morgan fingerprint density at radius 2 is 1.91 bits per heavy atom. The lowest BCUT2D eigenvalue weighted by Crippen LogP contribution is -2.12. The van der Waals surface area contributed by atoms with Gasteiger partial charge in [0.25, 0.3) is 5.69 Å². The van der Waals surface area contributed by atoms with Gasteiger partial charge in [0, 0.05) is 17.4 Å². The van der Waals surface area contributed by atoms with Crippen molar-refractivity contribution in [2.45, 2.75) is 24.7 Å². The molecule has 6 heteroatoms. The number of carbonyl (C=O) groups is 1. The number of anilines is 1. The summed E-state index contributed by atoms with van der Waals surface area (Å²) in [5.41, 5.74) is 0.992. The van der Waals surface area contributed by atoms with Crippen molar-refractivity contribution < 1.29 is 9.72 Å². The van der Waals surface area contributed by atoms with E-state index < -0.39 is 4.92 Å². The first-order valence-corrected chi connectivity index (χ1v) is 8.28. The largest absolute Gasteiger partial charge is 0.326 e. The number of benzene rings is 2. The van der Waals surface area contributed by atoms with Crippen LogP contribution in [0.3, 0.4) is 0 Å². The van der Waals surface area contributed by atoms with E-state index >= 15 is 0 Å². The Morgan fingerprint density at radius 3 is 2.61 bits per heavy atom. The summed E-state index contributed by atoms with van der Waals surface area (Å²) >= 11 is 1.71. The molecule has 0 fully saturated rings. The molecule has 0 radical (unpaired) electrons. The first-order chi connectivity index (χ1) is 11.1. The van der Waals surface area contributed by atoms with Crippen molar-refractivity contribution in [2.24, 2.45) is 0 Å². The maximum absolute atomic E-state index is 12.0. The molecule has 1 N–H and O–H groups in total. The number of rotatable bonds is 7. The van der Waals surface area contributed by atoms with Crippen LogP contribution in [-0.4, -0.2) is 16.6 Å². The molecule has 0 aliphatic rings. The van der Waals surface area contributed by atoms with Crippen molar-refractivity contribution in [2.75, 3.05) is 11.1 Å². The van der Waals surface area contributed by atoms with Crippen LogP contribution in [0.15, 0.2) is 53.4 Å². The Bertz CT molecular complexity index is 689. The molecular formula is C17H18N2O3S. The van der Waals surface area contributed by atoms with Crippen LogP contribution >= 0.6 is 11.8 Å². The third-order valence-corrected chi connectivity index (χ3v) is 4.43. The minimum absolute atomic E-state index is 0.0161. The van der Waals surface area contributed by atoms with Gasteiger partial charge in [0.05, 0.1) is 16.2 Å². The van der Waals surface area contributed by atoms with Gasteiger partial charge in [0.1, 0.15) is 0 Å². The summed E-state index contributed by atoms with van der Waals surface area (Å²) in [7, 11) is 0. The summed E-state index contributed by atoms with van der Waals surface area (Å²) in [6, 6.07) is 14.7. The fraction of sp³-hybridized carbons (Fsp3) is 0.235. The molecule has 0 bridgehead atoms.